The third-order valence-electron chi connectivity index (χ3n) is 3.59. The average molecular weight is 259 g/mol. The van der Waals surface area contributed by atoms with Gasteiger partial charge in [-0.05, 0) is 36.8 Å². The van der Waals surface area contributed by atoms with Crippen LogP contribution < -0.4 is 0 Å². The molecule has 1 aromatic carbocycles. The highest BCUT2D eigenvalue weighted by molar-refractivity contribution is 7.09. The van der Waals surface area contributed by atoms with Gasteiger partial charge < -0.3 is 5.11 Å². The molecule has 1 aliphatic rings. The molecule has 0 bridgehead atoms. The molecule has 1 heterocycles. The van der Waals surface area contributed by atoms with E-state index in [1.165, 1.54) is 11.1 Å². The van der Waals surface area contributed by atoms with E-state index in [4.69, 9.17) is 0 Å². The molecular formula is C15H17NOS. The van der Waals surface area contributed by atoms with Crippen molar-refractivity contribution in [2.75, 3.05) is 0 Å². The molecule has 2 nitrogen and oxygen atoms in total. The molecule has 1 N–H and O–H groups in total. The van der Waals surface area contributed by atoms with Crippen molar-refractivity contribution in [3.05, 3.63) is 51.5 Å². The summed E-state index contributed by atoms with van der Waals surface area (Å²) in [5.41, 5.74) is 3.92. The third kappa shape index (κ3) is 2.33. The Balaban J connectivity index is 1.58. The lowest BCUT2D eigenvalue weighted by molar-refractivity contribution is 0.151. The first-order chi connectivity index (χ1) is 8.72. The fraction of sp³-hybridized carbons (Fsp3) is 0.400. The number of aliphatic hydroxyl groups excluding tert-OH is 1. The smallest absolute Gasteiger partial charge is 0.0953 e. The summed E-state index contributed by atoms with van der Waals surface area (Å²) in [6.07, 6.45) is 2.39. The van der Waals surface area contributed by atoms with Crippen molar-refractivity contribution in [3.8, 4) is 0 Å². The van der Waals surface area contributed by atoms with E-state index in [2.05, 4.69) is 29.2 Å². The molecule has 0 saturated heterocycles. The summed E-state index contributed by atoms with van der Waals surface area (Å²) in [7, 11) is 0. The van der Waals surface area contributed by atoms with E-state index in [1.807, 2.05) is 12.3 Å². The number of benzene rings is 1. The number of hydrogen-bond acceptors (Lipinski definition) is 3. The molecule has 0 radical (unpaired) electrons. The Bertz CT molecular complexity index is 549. The minimum absolute atomic E-state index is 0.270. The molecule has 2 atom stereocenters. The second kappa shape index (κ2) is 4.82. The molecule has 0 fully saturated rings. The molecule has 1 aromatic heterocycles. The predicted octanol–water partition coefficient (Wildman–Crippen LogP) is 3.08. The van der Waals surface area contributed by atoms with Gasteiger partial charge in [-0.2, -0.15) is 0 Å². The molecule has 18 heavy (non-hydrogen) atoms. The monoisotopic (exact) mass is 259 g/mol. The van der Waals surface area contributed by atoms with Gasteiger partial charge in [-0.1, -0.05) is 24.3 Å². The summed E-state index contributed by atoms with van der Waals surface area (Å²) in [6, 6.07) is 8.54. The molecule has 3 rings (SSSR count). The van der Waals surface area contributed by atoms with Crippen molar-refractivity contribution in [2.24, 2.45) is 0 Å². The number of fused-ring (bicyclic) bond motifs is 1. The minimum Gasteiger partial charge on any atom is -0.393 e. The lowest BCUT2D eigenvalue weighted by Crippen LogP contribution is -2.23. The molecular weight excluding hydrogens is 242 g/mol. The average Bonchev–Trinajstić information content (AvgIpc) is 2.72. The van der Waals surface area contributed by atoms with E-state index in [1.54, 1.807) is 11.3 Å². The summed E-state index contributed by atoms with van der Waals surface area (Å²) in [4.78, 5) is 4.40. The maximum Gasteiger partial charge on any atom is 0.0953 e. The Kier molecular flexibility index (Phi) is 3.18. The van der Waals surface area contributed by atoms with Crippen molar-refractivity contribution >= 4 is 11.3 Å². The summed E-state index contributed by atoms with van der Waals surface area (Å²) < 4.78 is 0. The van der Waals surface area contributed by atoms with Crippen LogP contribution in [0.25, 0.3) is 0 Å². The van der Waals surface area contributed by atoms with Gasteiger partial charge in [0.1, 0.15) is 0 Å². The number of aryl methyl sites for hydroxylation is 1. The first kappa shape index (κ1) is 11.9. The maximum absolute atomic E-state index is 10.1. The van der Waals surface area contributed by atoms with E-state index in [0.717, 1.165) is 23.5 Å². The van der Waals surface area contributed by atoms with Crippen molar-refractivity contribution in [1.29, 1.82) is 0 Å². The summed E-state index contributed by atoms with van der Waals surface area (Å²) in [5, 5.41) is 13.2. The molecule has 94 valence electrons. The van der Waals surface area contributed by atoms with E-state index in [-0.39, 0.29) is 6.10 Å². The van der Waals surface area contributed by atoms with Crippen LogP contribution in [0.1, 0.15) is 34.2 Å². The van der Waals surface area contributed by atoms with Crippen molar-refractivity contribution in [2.45, 2.75) is 38.2 Å². The molecule has 0 spiro atoms. The predicted molar refractivity (Wildman–Crippen MR) is 74.1 cm³/mol. The molecule has 0 aliphatic heterocycles. The normalized spacial score (nSPS) is 19.1. The zero-order valence-corrected chi connectivity index (χ0v) is 11.3. The lowest BCUT2D eigenvalue weighted by atomic mass is 9.74. The van der Waals surface area contributed by atoms with Gasteiger partial charge in [-0.25, -0.2) is 4.98 Å². The van der Waals surface area contributed by atoms with Gasteiger partial charge in [0.25, 0.3) is 0 Å². The van der Waals surface area contributed by atoms with Crippen LogP contribution in [0, 0.1) is 6.92 Å². The van der Waals surface area contributed by atoms with Crippen molar-refractivity contribution in [3.63, 3.8) is 0 Å². The number of nitrogens with zero attached hydrogens (tertiary/aromatic N) is 1. The van der Waals surface area contributed by atoms with E-state index in [9.17, 15) is 5.11 Å². The first-order valence-corrected chi connectivity index (χ1v) is 7.27. The van der Waals surface area contributed by atoms with E-state index < -0.39 is 0 Å². The molecule has 3 heteroatoms. The van der Waals surface area contributed by atoms with Crippen LogP contribution in [0.15, 0.2) is 29.6 Å². The minimum atomic E-state index is -0.270. The van der Waals surface area contributed by atoms with Crippen LogP contribution in [0.4, 0.5) is 0 Å². The second-order valence-corrected chi connectivity index (χ2v) is 6.02. The highest BCUT2D eigenvalue weighted by Gasteiger charge is 2.27. The highest BCUT2D eigenvalue weighted by Crippen LogP contribution is 2.38. The maximum atomic E-state index is 10.1. The van der Waals surface area contributed by atoms with Crippen LogP contribution in [0.5, 0.6) is 0 Å². The van der Waals surface area contributed by atoms with Crippen LogP contribution in [0.3, 0.4) is 0 Å². The Labute approximate surface area is 111 Å². The van der Waals surface area contributed by atoms with Gasteiger partial charge >= 0.3 is 0 Å². The number of aliphatic hydroxyl groups is 1. The SMILES string of the molecule is Cc1csc(CC(O)CC2Cc3ccccc32)n1. The molecule has 0 saturated carbocycles. The highest BCUT2D eigenvalue weighted by atomic mass is 32.1. The lowest BCUT2D eigenvalue weighted by Gasteiger charge is -2.31. The Hall–Kier alpha value is -1.19. The zero-order valence-electron chi connectivity index (χ0n) is 10.5. The van der Waals surface area contributed by atoms with Gasteiger partial charge in [0, 0.05) is 17.5 Å². The standard InChI is InChI=1S/C15H17NOS/c1-10-9-18-15(16-10)8-13(17)7-12-6-11-4-2-3-5-14(11)12/h2-5,9,12-13,17H,6-8H2,1H3. The summed E-state index contributed by atoms with van der Waals surface area (Å²) >= 11 is 1.65. The Morgan fingerprint density at radius 3 is 3.00 bits per heavy atom. The number of thiazole rings is 1. The Morgan fingerprint density at radius 1 is 1.44 bits per heavy atom. The fourth-order valence-corrected chi connectivity index (χ4v) is 3.53. The number of rotatable bonds is 4. The molecule has 2 unspecified atom stereocenters. The van der Waals surface area contributed by atoms with E-state index in [0.29, 0.717) is 12.3 Å². The first-order valence-electron chi connectivity index (χ1n) is 6.39. The van der Waals surface area contributed by atoms with Gasteiger partial charge in [0.05, 0.1) is 11.1 Å². The summed E-state index contributed by atoms with van der Waals surface area (Å²) in [5.74, 6) is 0.539. The molecule has 1 aliphatic carbocycles. The van der Waals surface area contributed by atoms with Crippen molar-refractivity contribution in [1.82, 2.24) is 4.98 Å². The quantitative estimate of drug-likeness (QED) is 0.915. The number of aromatic nitrogens is 1. The Morgan fingerprint density at radius 2 is 2.28 bits per heavy atom. The van der Waals surface area contributed by atoms with Gasteiger partial charge in [0.15, 0.2) is 0 Å². The number of hydrogen-bond donors (Lipinski definition) is 1. The molecule has 2 aromatic rings. The van der Waals surface area contributed by atoms with Crippen molar-refractivity contribution < 1.29 is 5.11 Å². The largest absolute Gasteiger partial charge is 0.393 e. The van der Waals surface area contributed by atoms with Gasteiger partial charge in [-0.15, -0.1) is 11.3 Å². The van der Waals surface area contributed by atoms with Crippen LogP contribution >= 0.6 is 11.3 Å². The second-order valence-electron chi connectivity index (χ2n) is 5.08. The fourth-order valence-electron chi connectivity index (χ4n) is 2.68. The van der Waals surface area contributed by atoms with Crippen LogP contribution in [-0.2, 0) is 12.8 Å². The summed E-state index contributed by atoms with van der Waals surface area (Å²) in [6.45, 7) is 1.99. The zero-order chi connectivity index (χ0) is 12.5. The topological polar surface area (TPSA) is 33.1 Å². The van der Waals surface area contributed by atoms with E-state index >= 15 is 0 Å². The van der Waals surface area contributed by atoms with Gasteiger partial charge in [0.2, 0.25) is 0 Å². The van der Waals surface area contributed by atoms with Gasteiger partial charge in [-0.3, -0.25) is 0 Å². The van der Waals surface area contributed by atoms with Crippen LogP contribution in [-0.4, -0.2) is 16.2 Å². The molecule has 0 amide bonds. The van der Waals surface area contributed by atoms with Crippen LogP contribution in [0.2, 0.25) is 0 Å². The third-order valence-corrected chi connectivity index (χ3v) is 4.58.